The molecule has 1 heterocycles. The molecular weight excluding hydrogens is 168 g/mol. The van der Waals surface area contributed by atoms with Gasteiger partial charge in [0.2, 0.25) is 0 Å². The summed E-state index contributed by atoms with van der Waals surface area (Å²) in [5.41, 5.74) is 0. The number of urea groups is 1. The normalized spacial score (nSPS) is 28.2. The van der Waals surface area contributed by atoms with Crippen LogP contribution in [0.4, 0.5) is 4.79 Å². The average molecular weight is 186 g/mol. The number of nitrogens with zero attached hydrogens (tertiary/aromatic N) is 1. The second-order valence-electron chi connectivity index (χ2n) is 3.75. The summed E-state index contributed by atoms with van der Waals surface area (Å²) in [7, 11) is 3.50. The highest BCUT2D eigenvalue weighted by Crippen LogP contribution is 2.12. The molecule has 13 heavy (non-hydrogen) atoms. The van der Waals surface area contributed by atoms with Gasteiger partial charge in [0.05, 0.1) is 6.10 Å². The van der Waals surface area contributed by atoms with Crippen LogP contribution in [0.3, 0.4) is 0 Å². The van der Waals surface area contributed by atoms with E-state index in [-0.39, 0.29) is 18.2 Å². The average Bonchev–Trinajstić information content (AvgIpc) is 2.04. The molecule has 76 valence electrons. The Morgan fingerprint density at radius 3 is 2.77 bits per heavy atom. The fourth-order valence-corrected chi connectivity index (χ4v) is 1.43. The Bertz CT molecular complexity index is 182. The van der Waals surface area contributed by atoms with Crippen molar-refractivity contribution < 1.29 is 9.53 Å². The molecule has 1 aliphatic rings. The van der Waals surface area contributed by atoms with E-state index >= 15 is 0 Å². The molecule has 1 aliphatic heterocycles. The lowest BCUT2D eigenvalue weighted by atomic mass is 10.0. The number of amides is 2. The maximum Gasteiger partial charge on any atom is 0.317 e. The number of ether oxygens (including phenoxy) is 1. The fourth-order valence-electron chi connectivity index (χ4n) is 1.43. The van der Waals surface area contributed by atoms with Crippen molar-refractivity contribution in [1.29, 1.82) is 0 Å². The maximum absolute atomic E-state index is 11.3. The first-order valence-corrected chi connectivity index (χ1v) is 4.69. The van der Waals surface area contributed by atoms with Crippen molar-refractivity contribution in [2.24, 2.45) is 0 Å². The molecule has 1 saturated heterocycles. The second kappa shape index (κ2) is 4.46. The van der Waals surface area contributed by atoms with E-state index in [1.807, 2.05) is 6.92 Å². The van der Waals surface area contributed by atoms with Gasteiger partial charge in [0, 0.05) is 26.7 Å². The third kappa shape index (κ3) is 3.22. The van der Waals surface area contributed by atoms with Crippen LogP contribution >= 0.6 is 0 Å². The SMILES string of the molecule is CC1CC(NC(=O)N(C)C)CCO1. The first-order valence-electron chi connectivity index (χ1n) is 4.69. The van der Waals surface area contributed by atoms with Crippen LogP contribution in [0.25, 0.3) is 0 Å². The molecule has 0 bridgehead atoms. The first kappa shape index (κ1) is 10.3. The Kier molecular flexibility index (Phi) is 3.54. The molecule has 2 atom stereocenters. The molecule has 2 unspecified atom stereocenters. The third-order valence-corrected chi connectivity index (χ3v) is 2.22. The van der Waals surface area contributed by atoms with Crippen LogP contribution in [0.2, 0.25) is 0 Å². The van der Waals surface area contributed by atoms with E-state index in [0.29, 0.717) is 0 Å². The van der Waals surface area contributed by atoms with Gasteiger partial charge in [0.1, 0.15) is 0 Å². The van der Waals surface area contributed by atoms with Crippen LogP contribution in [-0.4, -0.2) is 43.8 Å². The number of nitrogens with one attached hydrogen (secondary N) is 1. The summed E-state index contributed by atoms with van der Waals surface area (Å²) in [6.07, 6.45) is 2.10. The molecule has 1 rings (SSSR count). The summed E-state index contributed by atoms with van der Waals surface area (Å²) in [4.78, 5) is 12.8. The number of hydrogen-bond donors (Lipinski definition) is 1. The van der Waals surface area contributed by atoms with Crippen LogP contribution in [-0.2, 0) is 4.74 Å². The van der Waals surface area contributed by atoms with Gasteiger partial charge < -0.3 is 15.0 Å². The Morgan fingerprint density at radius 1 is 1.54 bits per heavy atom. The van der Waals surface area contributed by atoms with Crippen molar-refractivity contribution >= 4 is 6.03 Å². The summed E-state index contributed by atoms with van der Waals surface area (Å²) in [5.74, 6) is 0. The first-order chi connectivity index (χ1) is 6.09. The molecule has 2 amide bonds. The smallest absolute Gasteiger partial charge is 0.317 e. The number of hydrogen-bond acceptors (Lipinski definition) is 2. The van der Waals surface area contributed by atoms with Gasteiger partial charge in [-0.3, -0.25) is 0 Å². The molecule has 4 heteroatoms. The zero-order valence-electron chi connectivity index (χ0n) is 8.54. The van der Waals surface area contributed by atoms with Crippen molar-refractivity contribution in [2.45, 2.75) is 31.9 Å². The zero-order valence-corrected chi connectivity index (χ0v) is 8.54. The molecule has 0 aliphatic carbocycles. The molecule has 0 saturated carbocycles. The van der Waals surface area contributed by atoms with Crippen LogP contribution < -0.4 is 5.32 Å². The highest BCUT2D eigenvalue weighted by molar-refractivity contribution is 5.73. The minimum absolute atomic E-state index is 0.0147. The van der Waals surface area contributed by atoms with Gasteiger partial charge in [-0.25, -0.2) is 4.79 Å². The number of carbonyl (C=O) groups excluding carboxylic acids is 1. The maximum atomic E-state index is 11.3. The topological polar surface area (TPSA) is 41.6 Å². The van der Waals surface area contributed by atoms with Gasteiger partial charge in [-0.15, -0.1) is 0 Å². The minimum Gasteiger partial charge on any atom is -0.378 e. The fraction of sp³-hybridized carbons (Fsp3) is 0.889. The molecule has 0 radical (unpaired) electrons. The van der Waals surface area contributed by atoms with E-state index in [4.69, 9.17) is 4.74 Å². The van der Waals surface area contributed by atoms with Gasteiger partial charge >= 0.3 is 6.03 Å². The molecule has 1 fully saturated rings. The highest BCUT2D eigenvalue weighted by atomic mass is 16.5. The Hall–Kier alpha value is -0.770. The second-order valence-corrected chi connectivity index (χ2v) is 3.75. The van der Waals surface area contributed by atoms with Gasteiger partial charge in [0.25, 0.3) is 0 Å². The molecule has 0 aromatic heterocycles. The van der Waals surface area contributed by atoms with Crippen molar-refractivity contribution in [2.75, 3.05) is 20.7 Å². The molecule has 0 aromatic rings. The van der Waals surface area contributed by atoms with Crippen LogP contribution in [0.5, 0.6) is 0 Å². The Morgan fingerprint density at radius 2 is 2.23 bits per heavy atom. The lowest BCUT2D eigenvalue weighted by Gasteiger charge is -2.28. The van der Waals surface area contributed by atoms with E-state index in [2.05, 4.69) is 5.32 Å². The van der Waals surface area contributed by atoms with Crippen molar-refractivity contribution in [3.8, 4) is 0 Å². The number of carbonyl (C=O) groups is 1. The molecular formula is C9H18N2O2. The minimum atomic E-state index is -0.0147. The lowest BCUT2D eigenvalue weighted by molar-refractivity contribution is 0.0148. The summed E-state index contributed by atoms with van der Waals surface area (Å²) < 4.78 is 5.39. The molecule has 0 aromatic carbocycles. The standard InChI is InChI=1S/C9H18N2O2/c1-7-6-8(4-5-13-7)10-9(12)11(2)3/h7-8H,4-6H2,1-3H3,(H,10,12). The molecule has 1 N–H and O–H groups in total. The van der Waals surface area contributed by atoms with E-state index in [0.717, 1.165) is 19.4 Å². The zero-order chi connectivity index (χ0) is 9.84. The van der Waals surface area contributed by atoms with Crippen LogP contribution in [0, 0.1) is 0 Å². The van der Waals surface area contributed by atoms with Gasteiger partial charge in [-0.1, -0.05) is 0 Å². The van der Waals surface area contributed by atoms with Crippen molar-refractivity contribution in [3.63, 3.8) is 0 Å². The highest BCUT2D eigenvalue weighted by Gasteiger charge is 2.21. The monoisotopic (exact) mass is 186 g/mol. The van der Waals surface area contributed by atoms with Crippen molar-refractivity contribution in [3.05, 3.63) is 0 Å². The predicted molar refractivity (Wildman–Crippen MR) is 50.7 cm³/mol. The van der Waals surface area contributed by atoms with E-state index in [1.165, 1.54) is 0 Å². The van der Waals surface area contributed by atoms with E-state index in [1.54, 1.807) is 19.0 Å². The van der Waals surface area contributed by atoms with E-state index in [9.17, 15) is 4.79 Å². The summed E-state index contributed by atoms with van der Waals surface area (Å²) in [6.45, 7) is 2.79. The van der Waals surface area contributed by atoms with Gasteiger partial charge in [-0.05, 0) is 19.8 Å². The summed E-state index contributed by atoms with van der Waals surface area (Å²) in [6, 6.07) is 0.262. The van der Waals surface area contributed by atoms with Crippen LogP contribution in [0.1, 0.15) is 19.8 Å². The van der Waals surface area contributed by atoms with Crippen molar-refractivity contribution in [1.82, 2.24) is 10.2 Å². The molecule has 4 nitrogen and oxygen atoms in total. The quantitative estimate of drug-likeness (QED) is 0.659. The lowest BCUT2D eigenvalue weighted by Crippen LogP contribution is -2.45. The Balaban J connectivity index is 2.31. The van der Waals surface area contributed by atoms with E-state index < -0.39 is 0 Å². The number of rotatable bonds is 1. The summed E-state index contributed by atoms with van der Waals surface area (Å²) in [5, 5.41) is 2.96. The van der Waals surface area contributed by atoms with Gasteiger partial charge in [0.15, 0.2) is 0 Å². The summed E-state index contributed by atoms with van der Waals surface area (Å²) >= 11 is 0. The predicted octanol–water partition coefficient (Wildman–Crippen LogP) is 0.825. The Labute approximate surface area is 79.2 Å². The van der Waals surface area contributed by atoms with Crippen LogP contribution in [0.15, 0.2) is 0 Å². The molecule has 0 spiro atoms. The third-order valence-electron chi connectivity index (χ3n) is 2.22. The largest absolute Gasteiger partial charge is 0.378 e. The van der Waals surface area contributed by atoms with Gasteiger partial charge in [-0.2, -0.15) is 0 Å².